The van der Waals surface area contributed by atoms with Crippen LogP contribution in [-0.2, 0) is 9.84 Å². The van der Waals surface area contributed by atoms with Crippen molar-refractivity contribution in [2.24, 2.45) is 0 Å². The Morgan fingerprint density at radius 1 is 0.912 bits per heavy atom. The molecule has 0 bridgehead atoms. The number of amides is 1. The number of carbonyl (C=O) groups excluding carboxylic acids is 1. The van der Waals surface area contributed by atoms with Crippen LogP contribution in [0.5, 0.6) is 0 Å². The molecule has 0 radical (unpaired) electrons. The Labute approximate surface area is 197 Å². The Morgan fingerprint density at radius 2 is 1.62 bits per heavy atom. The highest BCUT2D eigenvalue weighted by molar-refractivity contribution is 7.91. The van der Waals surface area contributed by atoms with Crippen molar-refractivity contribution in [2.45, 2.75) is 16.8 Å². The number of furan rings is 1. The number of benzene rings is 2. The fourth-order valence-electron chi connectivity index (χ4n) is 3.99. The summed E-state index contributed by atoms with van der Waals surface area (Å²) in [7, 11) is -3.94. The topological polar surface area (TPSA) is 96.9 Å². The predicted octanol–water partition coefficient (Wildman–Crippen LogP) is 4.04. The van der Waals surface area contributed by atoms with E-state index in [1.54, 1.807) is 35.2 Å². The van der Waals surface area contributed by atoms with Crippen molar-refractivity contribution >= 4 is 21.6 Å². The molecule has 9 heteroatoms. The molecule has 2 aromatic heterocycles. The minimum absolute atomic E-state index is 0.0382. The van der Waals surface area contributed by atoms with Gasteiger partial charge in [0.1, 0.15) is 0 Å². The second-order valence-electron chi connectivity index (χ2n) is 8.02. The maximum absolute atomic E-state index is 13.4. The van der Waals surface area contributed by atoms with Gasteiger partial charge in [-0.15, -0.1) is 0 Å². The lowest BCUT2D eigenvalue weighted by molar-refractivity contribution is 0.0744. The molecule has 34 heavy (non-hydrogen) atoms. The number of rotatable bonds is 5. The maximum Gasteiger partial charge on any atom is 0.266 e. The molecule has 0 N–H and O–H groups in total. The third-order valence-corrected chi connectivity index (χ3v) is 7.52. The highest BCUT2D eigenvalue weighted by Gasteiger charge is 2.34. The zero-order valence-corrected chi connectivity index (χ0v) is 19.4. The molecule has 1 aliphatic rings. The molecule has 1 amide bonds. The molecule has 0 saturated carbocycles. The van der Waals surface area contributed by atoms with Gasteiger partial charge < -0.3 is 18.6 Å². The van der Waals surface area contributed by atoms with Crippen LogP contribution in [0.2, 0.25) is 0 Å². The SMILES string of the molecule is Cc1ccccc1C(=O)N1CCN(c2oc(-c3ccco3)nc2S(=O)(=O)c2ccccc2)CC1. The van der Waals surface area contributed by atoms with Crippen molar-refractivity contribution in [3.05, 3.63) is 84.1 Å². The Balaban J connectivity index is 1.45. The molecular formula is C25H23N3O5S. The van der Waals surface area contributed by atoms with E-state index in [-0.39, 0.29) is 27.6 Å². The maximum atomic E-state index is 13.4. The lowest BCUT2D eigenvalue weighted by atomic mass is 10.1. The van der Waals surface area contributed by atoms with Gasteiger partial charge in [0.05, 0.1) is 11.2 Å². The second-order valence-corrected chi connectivity index (χ2v) is 9.88. The van der Waals surface area contributed by atoms with Gasteiger partial charge in [-0.25, -0.2) is 8.42 Å². The van der Waals surface area contributed by atoms with E-state index in [9.17, 15) is 13.2 Å². The normalized spacial score (nSPS) is 14.4. The van der Waals surface area contributed by atoms with Crippen LogP contribution in [0.25, 0.3) is 11.7 Å². The molecule has 2 aromatic carbocycles. The third kappa shape index (κ3) is 3.99. The molecule has 0 spiro atoms. The minimum Gasteiger partial charge on any atom is -0.459 e. The molecule has 4 aromatic rings. The largest absolute Gasteiger partial charge is 0.459 e. The van der Waals surface area contributed by atoms with Crippen molar-refractivity contribution in [3.8, 4) is 11.7 Å². The van der Waals surface area contributed by atoms with Gasteiger partial charge in [0, 0.05) is 31.7 Å². The van der Waals surface area contributed by atoms with Crippen LogP contribution in [0.15, 0.2) is 91.7 Å². The first-order valence-electron chi connectivity index (χ1n) is 10.9. The van der Waals surface area contributed by atoms with Gasteiger partial charge >= 0.3 is 0 Å². The summed E-state index contributed by atoms with van der Waals surface area (Å²) in [6.45, 7) is 3.57. The molecule has 174 valence electrons. The van der Waals surface area contributed by atoms with E-state index >= 15 is 0 Å². The van der Waals surface area contributed by atoms with E-state index < -0.39 is 9.84 Å². The van der Waals surface area contributed by atoms with Crippen molar-refractivity contribution in [1.29, 1.82) is 0 Å². The summed E-state index contributed by atoms with van der Waals surface area (Å²) in [5.74, 6) is 0.541. The van der Waals surface area contributed by atoms with E-state index in [4.69, 9.17) is 8.83 Å². The van der Waals surface area contributed by atoms with Crippen LogP contribution in [0.1, 0.15) is 15.9 Å². The third-order valence-electron chi connectivity index (χ3n) is 5.85. The Bertz CT molecular complexity index is 1400. The van der Waals surface area contributed by atoms with E-state index in [0.29, 0.717) is 37.5 Å². The molecule has 0 aliphatic carbocycles. The highest BCUT2D eigenvalue weighted by Crippen LogP contribution is 2.35. The molecule has 1 fully saturated rings. The van der Waals surface area contributed by atoms with E-state index in [2.05, 4.69) is 4.98 Å². The molecule has 1 aliphatic heterocycles. The van der Waals surface area contributed by atoms with Crippen molar-refractivity contribution in [2.75, 3.05) is 31.1 Å². The standard InChI is InChI=1S/C25H23N3O5S/c1-18-8-5-6-11-20(18)24(29)27-13-15-28(16-14-27)25-23(26-22(33-25)21-12-7-17-32-21)34(30,31)19-9-3-2-4-10-19/h2-12,17H,13-16H2,1H3. The second kappa shape index (κ2) is 8.83. The summed E-state index contributed by atoms with van der Waals surface area (Å²) in [6, 6.07) is 19.0. The zero-order valence-electron chi connectivity index (χ0n) is 18.5. The van der Waals surface area contributed by atoms with E-state index in [0.717, 1.165) is 5.56 Å². The monoisotopic (exact) mass is 477 g/mol. The van der Waals surface area contributed by atoms with Gasteiger partial charge in [-0.05, 0) is 42.8 Å². The van der Waals surface area contributed by atoms with Crippen LogP contribution in [0.4, 0.5) is 5.88 Å². The molecule has 0 unspecified atom stereocenters. The van der Waals surface area contributed by atoms with Gasteiger partial charge in [-0.3, -0.25) is 4.79 Å². The van der Waals surface area contributed by atoms with Gasteiger partial charge in [0.25, 0.3) is 11.8 Å². The van der Waals surface area contributed by atoms with Crippen molar-refractivity contribution in [1.82, 2.24) is 9.88 Å². The number of aryl methyl sites for hydroxylation is 1. The van der Waals surface area contributed by atoms with Crippen LogP contribution in [0.3, 0.4) is 0 Å². The summed E-state index contributed by atoms with van der Waals surface area (Å²) in [6.07, 6.45) is 1.47. The number of hydrogen-bond donors (Lipinski definition) is 0. The molecular weight excluding hydrogens is 454 g/mol. The van der Waals surface area contributed by atoms with Gasteiger partial charge in [-0.1, -0.05) is 36.4 Å². The molecule has 8 nitrogen and oxygen atoms in total. The number of anilines is 1. The van der Waals surface area contributed by atoms with Crippen LogP contribution >= 0.6 is 0 Å². The number of nitrogens with zero attached hydrogens (tertiary/aromatic N) is 3. The van der Waals surface area contributed by atoms with Crippen molar-refractivity contribution in [3.63, 3.8) is 0 Å². The zero-order chi connectivity index (χ0) is 23.7. The first-order valence-corrected chi connectivity index (χ1v) is 12.4. The number of oxazole rings is 1. The predicted molar refractivity (Wildman–Crippen MR) is 125 cm³/mol. The highest BCUT2D eigenvalue weighted by atomic mass is 32.2. The quantitative estimate of drug-likeness (QED) is 0.428. The van der Waals surface area contributed by atoms with Gasteiger partial charge in [0.15, 0.2) is 5.76 Å². The average molecular weight is 478 g/mol. The summed E-state index contributed by atoms with van der Waals surface area (Å²) in [5.41, 5.74) is 1.59. The number of aromatic nitrogens is 1. The number of piperazine rings is 1. The molecule has 5 rings (SSSR count). The van der Waals surface area contributed by atoms with Gasteiger partial charge in [-0.2, -0.15) is 4.98 Å². The first kappa shape index (κ1) is 22.0. The smallest absolute Gasteiger partial charge is 0.266 e. The molecule has 3 heterocycles. The fourth-order valence-corrected chi connectivity index (χ4v) is 5.33. The number of carbonyl (C=O) groups is 1. The van der Waals surface area contributed by atoms with Crippen LogP contribution < -0.4 is 4.90 Å². The summed E-state index contributed by atoms with van der Waals surface area (Å²) >= 11 is 0. The number of hydrogen-bond acceptors (Lipinski definition) is 7. The first-order chi connectivity index (χ1) is 16.4. The average Bonchev–Trinajstić information content (AvgIpc) is 3.55. The van der Waals surface area contributed by atoms with E-state index in [1.807, 2.05) is 36.1 Å². The van der Waals surface area contributed by atoms with E-state index in [1.165, 1.54) is 18.4 Å². The molecule has 1 saturated heterocycles. The molecule has 0 atom stereocenters. The van der Waals surface area contributed by atoms with Gasteiger partial charge in [0.2, 0.25) is 20.7 Å². The summed E-state index contributed by atoms with van der Waals surface area (Å²) in [4.78, 5) is 21.0. The Hall–Kier alpha value is -3.85. The summed E-state index contributed by atoms with van der Waals surface area (Å²) < 4.78 is 38.2. The van der Waals surface area contributed by atoms with Crippen LogP contribution in [0, 0.1) is 6.92 Å². The summed E-state index contributed by atoms with van der Waals surface area (Å²) in [5, 5.41) is -0.163. The Kier molecular flexibility index (Phi) is 5.70. The number of sulfone groups is 1. The van der Waals surface area contributed by atoms with Crippen molar-refractivity contribution < 1.29 is 22.0 Å². The fraction of sp³-hybridized carbons (Fsp3) is 0.200. The lowest BCUT2D eigenvalue weighted by Gasteiger charge is -2.35. The Morgan fingerprint density at radius 3 is 2.29 bits per heavy atom. The minimum atomic E-state index is -3.94. The van der Waals surface area contributed by atoms with Crippen LogP contribution in [-0.4, -0.2) is 50.4 Å². The lowest BCUT2D eigenvalue weighted by Crippen LogP contribution is -2.49.